The molecule has 0 aromatic heterocycles. The van der Waals surface area contributed by atoms with Crippen LogP contribution in [0.1, 0.15) is 46.3 Å². The molecule has 3 N–H and O–H groups in total. The van der Waals surface area contributed by atoms with Crippen molar-refractivity contribution in [1.82, 2.24) is 16.0 Å². The molecule has 1 heterocycles. The summed E-state index contributed by atoms with van der Waals surface area (Å²) >= 11 is 0. The van der Waals surface area contributed by atoms with Crippen molar-refractivity contribution >= 4 is 51.9 Å². The maximum atomic E-state index is 14.7. The van der Waals surface area contributed by atoms with Gasteiger partial charge in [0.1, 0.15) is 18.4 Å². The Morgan fingerprint density at radius 2 is 1.52 bits per heavy atom. The molecular formula is C45H45N5O8. The summed E-state index contributed by atoms with van der Waals surface area (Å²) in [4.78, 5) is 70.4. The van der Waals surface area contributed by atoms with Crippen LogP contribution in [0.15, 0.2) is 103 Å². The third-order valence-electron chi connectivity index (χ3n) is 10.8. The lowest BCUT2D eigenvalue weighted by molar-refractivity contribution is -0.128. The van der Waals surface area contributed by atoms with E-state index in [0.29, 0.717) is 28.3 Å². The van der Waals surface area contributed by atoms with Gasteiger partial charge in [-0.15, -0.1) is 0 Å². The molecular weight excluding hydrogens is 739 g/mol. The zero-order chi connectivity index (χ0) is 40.9. The molecule has 4 amide bonds. The zero-order valence-corrected chi connectivity index (χ0v) is 32.7. The monoisotopic (exact) mass is 783 g/mol. The van der Waals surface area contributed by atoms with Gasteiger partial charge in [0, 0.05) is 24.4 Å². The van der Waals surface area contributed by atoms with Gasteiger partial charge in [-0.3, -0.25) is 14.4 Å². The highest BCUT2D eigenvalue weighted by Crippen LogP contribution is 2.44. The van der Waals surface area contributed by atoms with E-state index in [0.717, 1.165) is 33.0 Å². The van der Waals surface area contributed by atoms with Gasteiger partial charge in [-0.05, 0) is 77.3 Å². The summed E-state index contributed by atoms with van der Waals surface area (Å²) in [6.07, 6.45) is -0.763. The van der Waals surface area contributed by atoms with E-state index in [1.807, 2.05) is 42.5 Å². The number of anilines is 2. The number of nitrogens with one attached hydrogen (secondary N) is 3. The fourth-order valence-corrected chi connectivity index (χ4v) is 7.71. The average Bonchev–Trinajstić information content (AvgIpc) is 3.52. The van der Waals surface area contributed by atoms with Gasteiger partial charge >= 0.3 is 12.1 Å². The standard InChI is InChI=1S/C45H45N5O8/c1-27(46-2)42(52)48-37-25-49(41(51)21-22-47-45(55)58-26-36-33-13-7-5-11-31(33)32-12-6-8-14-34(32)36)38-15-9-10-16-39(38)50(43(37)53)24-35-30-19-17-29(44(54)57-4)23-28(30)18-20-40(35)56-3/h5-20,23,27,36-37,46H,21-22,24-26H2,1-4H3,(H,47,55)(H,48,52)/t27?,37-/m0/s1. The lowest BCUT2D eigenvalue weighted by Crippen LogP contribution is -2.55. The number of fused-ring (bicyclic) bond motifs is 5. The minimum Gasteiger partial charge on any atom is -0.496 e. The Morgan fingerprint density at radius 1 is 0.845 bits per heavy atom. The third kappa shape index (κ3) is 7.81. The Labute approximate surface area is 336 Å². The molecule has 58 heavy (non-hydrogen) atoms. The number of nitrogens with zero attached hydrogens (tertiary/aromatic N) is 2. The van der Waals surface area contributed by atoms with Crippen molar-refractivity contribution in [2.24, 2.45) is 0 Å². The summed E-state index contributed by atoms with van der Waals surface area (Å²) < 4.78 is 16.4. The van der Waals surface area contributed by atoms with Crippen LogP contribution in [0.25, 0.3) is 21.9 Å². The molecule has 1 aliphatic carbocycles. The van der Waals surface area contributed by atoms with E-state index in [4.69, 9.17) is 14.2 Å². The normalized spacial score (nSPS) is 15.1. The van der Waals surface area contributed by atoms with Gasteiger partial charge in [0.05, 0.1) is 50.3 Å². The zero-order valence-electron chi connectivity index (χ0n) is 32.7. The molecule has 0 fully saturated rings. The van der Waals surface area contributed by atoms with Crippen molar-refractivity contribution < 1.29 is 38.2 Å². The largest absolute Gasteiger partial charge is 0.496 e. The number of esters is 1. The van der Waals surface area contributed by atoms with Crippen LogP contribution in [0.5, 0.6) is 5.75 Å². The van der Waals surface area contributed by atoms with E-state index in [-0.39, 0.29) is 44.5 Å². The lowest BCUT2D eigenvalue weighted by atomic mass is 9.98. The first-order valence-corrected chi connectivity index (χ1v) is 19.1. The SMILES string of the molecule is CNC(C)C(=O)N[C@H]1CN(C(=O)CCNC(=O)OCC2c3ccccc3-c3ccccc32)c2ccccc2N(Cc2c(OC)ccc3cc(C(=O)OC)ccc23)C1=O. The first-order valence-electron chi connectivity index (χ1n) is 19.1. The Balaban J connectivity index is 1.12. The van der Waals surface area contributed by atoms with Crippen LogP contribution in [0.4, 0.5) is 16.2 Å². The molecule has 1 unspecified atom stereocenters. The van der Waals surface area contributed by atoms with E-state index >= 15 is 0 Å². The number of benzene rings is 5. The molecule has 0 spiro atoms. The molecule has 298 valence electrons. The van der Waals surface area contributed by atoms with Crippen molar-refractivity contribution in [3.05, 3.63) is 125 Å². The van der Waals surface area contributed by atoms with E-state index in [9.17, 15) is 24.0 Å². The minimum atomic E-state index is -1.14. The molecule has 0 radical (unpaired) electrons. The van der Waals surface area contributed by atoms with Crippen molar-refractivity contribution in [1.29, 1.82) is 0 Å². The van der Waals surface area contributed by atoms with Crippen molar-refractivity contribution in [2.45, 2.75) is 37.9 Å². The van der Waals surface area contributed by atoms with Crippen LogP contribution >= 0.6 is 0 Å². The number of carbonyl (C=O) groups excluding carboxylic acids is 5. The summed E-state index contributed by atoms with van der Waals surface area (Å²) in [6.45, 7) is 1.62. The summed E-state index contributed by atoms with van der Waals surface area (Å²) in [7, 11) is 4.49. The molecule has 2 aliphatic rings. The van der Waals surface area contributed by atoms with E-state index < -0.39 is 36.0 Å². The fraction of sp³-hybridized carbons (Fsp3) is 0.267. The van der Waals surface area contributed by atoms with Gasteiger partial charge in [-0.1, -0.05) is 72.8 Å². The van der Waals surface area contributed by atoms with Crippen molar-refractivity contribution in [2.75, 3.05) is 50.8 Å². The second-order valence-electron chi connectivity index (χ2n) is 14.2. The third-order valence-corrected chi connectivity index (χ3v) is 10.8. The highest BCUT2D eigenvalue weighted by Gasteiger charge is 2.38. The van der Waals surface area contributed by atoms with E-state index in [2.05, 4.69) is 28.1 Å². The summed E-state index contributed by atoms with van der Waals surface area (Å²) in [5, 5.41) is 9.93. The fourth-order valence-electron chi connectivity index (χ4n) is 7.71. The number of hydrogen-bond acceptors (Lipinski definition) is 9. The lowest BCUT2D eigenvalue weighted by Gasteiger charge is -2.27. The molecule has 0 saturated heterocycles. The summed E-state index contributed by atoms with van der Waals surface area (Å²) in [6, 6.07) is 30.1. The van der Waals surface area contributed by atoms with Crippen LogP contribution in [0, 0.1) is 0 Å². The molecule has 13 heteroatoms. The number of amides is 4. The molecule has 5 aromatic carbocycles. The van der Waals surface area contributed by atoms with Crippen molar-refractivity contribution in [3.8, 4) is 16.9 Å². The molecule has 2 atom stereocenters. The van der Waals surface area contributed by atoms with Crippen molar-refractivity contribution in [3.63, 3.8) is 0 Å². The minimum absolute atomic E-state index is 0.00720. The molecule has 13 nitrogen and oxygen atoms in total. The van der Waals surface area contributed by atoms with Crippen LogP contribution in [0.3, 0.4) is 0 Å². The molecule has 1 aliphatic heterocycles. The van der Waals surface area contributed by atoms with Gasteiger partial charge in [0.25, 0.3) is 5.91 Å². The quantitative estimate of drug-likeness (QED) is 0.139. The number of methoxy groups -OCH3 is 2. The smallest absolute Gasteiger partial charge is 0.407 e. The average molecular weight is 784 g/mol. The number of rotatable bonds is 12. The first-order chi connectivity index (χ1) is 28.1. The van der Waals surface area contributed by atoms with Gasteiger partial charge < -0.3 is 40.0 Å². The molecule has 5 aromatic rings. The maximum absolute atomic E-state index is 14.7. The number of para-hydroxylation sites is 2. The highest BCUT2D eigenvalue weighted by atomic mass is 16.5. The Kier molecular flexibility index (Phi) is 11.7. The van der Waals surface area contributed by atoms with Gasteiger partial charge in [0.15, 0.2) is 0 Å². The Hall–Kier alpha value is -6.73. The summed E-state index contributed by atoms with van der Waals surface area (Å²) in [5.41, 5.74) is 6.33. The van der Waals surface area contributed by atoms with Gasteiger partial charge in [-0.2, -0.15) is 0 Å². The van der Waals surface area contributed by atoms with Crippen LogP contribution in [0.2, 0.25) is 0 Å². The number of alkyl carbamates (subject to hydrolysis) is 1. The van der Waals surface area contributed by atoms with E-state index in [1.54, 1.807) is 62.5 Å². The predicted molar refractivity (Wildman–Crippen MR) is 220 cm³/mol. The van der Waals surface area contributed by atoms with Crippen LogP contribution in [-0.4, -0.2) is 82.8 Å². The molecule has 0 bridgehead atoms. The molecule has 0 saturated carbocycles. The second kappa shape index (κ2) is 17.2. The number of ether oxygens (including phenoxy) is 3. The summed E-state index contributed by atoms with van der Waals surface area (Å²) in [5.74, 6) is -1.33. The highest BCUT2D eigenvalue weighted by molar-refractivity contribution is 6.09. The molecule has 7 rings (SSSR count). The maximum Gasteiger partial charge on any atom is 0.407 e. The predicted octanol–water partition coefficient (Wildman–Crippen LogP) is 5.54. The Morgan fingerprint density at radius 3 is 2.19 bits per heavy atom. The topological polar surface area (TPSA) is 156 Å². The van der Waals surface area contributed by atoms with Crippen LogP contribution in [-0.2, 0) is 30.4 Å². The first kappa shape index (κ1) is 39.5. The van der Waals surface area contributed by atoms with Crippen LogP contribution < -0.4 is 30.5 Å². The van der Waals surface area contributed by atoms with Gasteiger partial charge in [-0.25, -0.2) is 9.59 Å². The number of likely N-dealkylation sites (N-methyl/N-ethyl adjacent to an activating group) is 1. The second-order valence-corrected chi connectivity index (χ2v) is 14.2. The van der Waals surface area contributed by atoms with Gasteiger partial charge in [0.2, 0.25) is 11.8 Å². The number of hydrogen-bond donors (Lipinski definition) is 3. The Bertz CT molecular complexity index is 2350. The van der Waals surface area contributed by atoms with E-state index in [1.165, 1.54) is 24.0 Å². The number of carbonyl (C=O) groups is 5.